The molecule has 3 atom stereocenters. The Hall–Kier alpha value is -6.23. The van der Waals surface area contributed by atoms with E-state index in [2.05, 4.69) is 41.7 Å². The summed E-state index contributed by atoms with van der Waals surface area (Å²) in [4.78, 5) is 78.7. The summed E-state index contributed by atoms with van der Waals surface area (Å²) in [5.74, 6) is -3.41. The van der Waals surface area contributed by atoms with E-state index >= 15 is 0 Å². The molecule has 0 heterocycles. The molecule has 0 radical (unpaired) electrons. The molecule has 0 aromatic heterocycles. The van der Waals surface area contributed by atoms with Crippen molar-refractivity contribution in [2.24, 2.45) is 20.5 Å². The number of nitrogens with one attached hydrogen (secondary N) is 4. The highest BCUT2D eigenvalue weighted by molar-refractivity contribution is 6.33. The summed E-state index contributed by atoms with van der Waals surface area (Å²) in [7, 11) is 0. The third-order valence-corrected chi connectivity index (χ3v) is 10.4. The zero-order chi connectivity index (χ0) is 47.9. The van der Waals surface area contributed by atoms with Gasteiger partial charge in [-0.3, -0.25) is 28.8 Å². The Labute approximate surface area is 404 Å². The number of hydrogen-bond acceptors (Lipinski definition) is 11. The Balaban J connectivity index is 1.30. The number of aryl methyl sites for hydroxylation is 2. The molecule has 0 bridgehead atoms. The lowest BCUT2D eigenvalue weighted by Gasteiger charge is -2.17. The second kappa shape index (κ2) is 24.3. The lowest BCUT2D eigenvalue weighted by Crippen LogP contribution is -2.32. The molecule has 15 nitrogen and oxygen atoms in total. The minimum atomic E-state index is -1.68. The molecular formula is C46H41Cl5N8O7. The highest BCUT2D eigenvalue weighted by Gasteiger charge is 2.27. The summed E-state index contributed by atoms with van der Waals surface area (Å²) >= 11 is 30.7. The smallest absolute Gasteiger partial charge is 0.258 e. The summed E-state index contributed by atoms with van der Waals surface area (Å²) in [6, 6.07) is 23.7. The first-order chi connectivity index (χ1) is 31.6. The molecule has 0 spiro atoms. The zero-order valence-corrected chi connectivity index (χ0v) is 39.2. The number of halogens is 5. The summed E-state index contributed by atoms with van der Waals surface area (Å²) in [6.07, 6.45) is 1.07. The van der Waals surface area contributed by atoms with Gasteiger partial charge in [-0.2, -0.15) is 20.5 Å². The van der Waals surface area contributed by atoms with Crippen LogP contribution in [-0.4, -0.2) is 64.6 Å². The second-order valence-corrected chi connectivity index (χ2v) is 16.4. The Morgan fingerprint density at radius 1 is 0.576 bits per heavy atom. The van der Waals surface area contributed by atoms with Crippen LogP contribution in [0.25, 0.3) is 0 Å². The molecule has 342 valence electrons. The number of hydrogen-bond donors (Lipinski definition) is 4. The molecule has 20 heteroatoms. The molecule has 5 aromatic rings. The van der Waals surface area contributed by atoms with Gasteiger partial charge in [0.1, 0.15) is 17.1 Å². The van der Waals surface area contributed by atoms with Crippen LogP contribution in [-0.2, 0) is 32.0 Å². The van der Waals surface area contributed by atoms with Crippen molar-refractivity contribution >= 4 is 127 Å². The number of ketones is 2. The Kier molecular flexibility index (Phi) is 18.7. The predicted molar refractivity (Wildman–Crippen MR) is 258 cm³/mol. The summed E-state index contributed by atoms with van der Waals surface area (Å²) in [5.41, 5.74) is 2.42. The molecule has 3 unspecified atom stereocenters. The van der Waals surface area contributed by atoms with Crippen molar-refractivity contribution in [3.8, 4) is 5.75 Å². The Morgan fingerprint density at radius 2 is 1.03 bits per heavy atom. The number of Topliss-reactive ketones (excluding diaryl/α,β-unsaturated/α-hetero) is 2. The zero-order valence-electron chi connectivity index (χ0n) is 35.4. The second-order valence-electron chi connectivity index (χ2n) is 14.2. The van der Waals surface area contributed by atoms with Crippen LogP contribution in [0.1, 0.15) is 52.6 Å². The van der Waals surface area contributed by atoms with Gasteiger partial charge in [0.15, 0.2) is 17.1 Å². The molecule has 0 saturated carbocycles. The van der Waals surface area contributed by atoms with Crippen molar-refractivity contribution in [2.45, 2.75) is 51.3 Å². The SMILES string of the molecule is CC(=O)C(N=Nc1cc(C(=O)Nc2ccccc2CCCl)ccc1Cl)C(=O)Nc1ccc(NC(=O)C(N=Nc2cc(C(=O)Nc3ccccc3CCCl)ccc2Cl)C(C)=O)c(OC(C)Cl)c1. The summed E-state index contributed by atoms with van der Waals surface area (Å²) in [6.45, 7) is 3.78. The molecule has 0 saturated heterocycles. The number of carbonyl (C=O) groups is 6. The van der Waals surface area contributed by atoms with Crippen molar-refractivity contribution in [1.29, 1.82) is 0 Å². The van der Waals surface area contributed by atoms with Crippen LogP contribution < -0.4 is 26.0 Å². The molecular weight excluding hydrogens is 954 g/mol. The molecule has 4 N–H and O–H groups in total. The normalized spacial score (nSPS) is 12.5. The molecule has 5 aromatic carbocycles. The van der Waals surface area contributed by atoms with E-state index in [-0.39, 0.29) is 49.7 Å². The molecule has 66 heavy (non-hydrogen) atoms. The minimum Gasteiger partial charge on any atom is -0.473 e. The number of benzene rings is 5. The van der Waals surface area contributed by atoms with Crippen LogP contribution in [0.2, 0.25) is 10.0 Å². The van der Waals surface area contributed by atoms with Gasteiger partial charge < -0.3 is 26.0 Å². The van der Waals surface area contributed by atoms with Gasteiger partial charge >= 0.3 is 0 Å². The molecule has 4 amide bonds. The van der Waals surface area contributed by atoms with Gasteiger partial charge in [0, 0.05) is 46.0 Å². The first-order valence-electron chi connectivity index (χ1n) is 20.0. The average molecular weight is 995 g/mol. The van der Waals surface area contributed by atoms with Crippen LogP contribution in [0.3, 0.4) is 0 Å². The molecule has 0 aliphatic heterocycles. The van der Waals surface area contributed by atoms with Crippen molar-refractivity contribution < 1.29 is 33.5 Å². The average Bonchev–Trinajstić information content (AvgIpc) is 3.27. The number of para-hydroxylation sites is 2. The van der Waals surface area contributed by atoms with Crippen molar-refractivity contribution in [3.05, 3.63) is 135 Å². The topological polar surface area (TPSA) is 209 Å². The largest absolute Gasteiger partial charge is 0.473 e. The van der Waals surface area contributed by atoms with Crippen LogP contribution in [0.4, 0.5) is 34.1 Å². The number of anilines is 4. The van der Waals surface area contributed by atoms with Crippen LogP contribution in [0.5, 0.6) is 5.75 Å². The third kappa shape index (κ3) is 14.1. The molecule has 0 aliphatic carbocycles. The summed E-state index contributed by atoms with van der Waals surface area (Å²) < 4.78 is 5.70. The quantitative estimate of drug-likeness (QED) is 0.0336. The van der Waals surface area contributed by atoms with Crippen molar-refractivity contribution in [3.63, 3.8) is 0 Å². The van der Waals surface area contributed by atoms with Gasteiger partial charge in [-0.25, -0.2) is 0 Å². The standard InChI is InChI=1S/C46H41Cl5N8O7/c1-25(60)41(58-56-38-22-30(12-15-33(38)50)43(62)53-35-10-6-4-8-28(35)18-20-47)45(64)52-32-14-17-37(40(24-32)66-27(3)49)55-46(65)42(26(2)61)59-57-39-23-31(13-16-34(39)51)44(63)54-36-11-7-5-9-29(36)19-21-48/h4-17,22-24,27,41-42H,18-21H2,1-3H3,(H,52,64)(H,53,62)(H,54,63)(H,55,65). The molecule has 0 fully saturated rings. The Bertz CT molecular complexity index is 2700. The fourth-order valence-electron chi connectivity index (χ4n) is 6.04. The van der Waals surface area contributed by atoms with Gasteiger partial charge in [0.05, 0.1) is 15.7 Å². The number of ether oxygens (including phenoxy) is 1. The van der Waals surface area contributed by atoms with E-state index in [1.54, 1.807) is 24.3 Å². The lowest BCUT2D eigenvalue weighted by molar-refractivity contribution is -0.127. The van der Waals surface area contributed by atoms with Gasteiger partial charge in [-0.15, -0.1) is 23.2 Å². The number of azo groups is 2. The van der Waals surface area contributed by atoms with Gasteiger partial charge in [-0.1, -0.05) is 71.2 Å². The summed E-state index contributed by atoms with van der Waals surface area (Å²) in [5, 5.41) is 27.0. The van der Waals surface area contributed by atoms with Crippen LogP contribution in [0, 0.1) is 0 Å². The highest BCUT2D eigenvalue weighted by Crippen LogP contribution is 2.32. The van der Waals surface area contributed by atoms with E-state index in [1.165, 1.54) is 61.5 Å². The fraction of sp³-hybridized carbons (Fsp3) is 0.217. The maximum Gasteiger partial charge on any atom is 0.258 e. The van der Waals surface area contributed by atoms with Gasteiger partial charge in [0.25, 0.3) is 23.6 Å². The number of carbonyl (C=O) groups excluding carboxylic acids is 6. The maximum absolute atomic E-state index is 13.5. The first-order valence-corrected chi connectivity index (χ1v) is 22.2. The predicted octanol–water partition coefficient (Wildman–Crippen LogP) is 11.4. The van der Waals surface area contributed by atoms with E-state index in [0.717, 1.165) is 25.0 Å². The van der Waals surface area contributed by atoms with Crippen molar-refractivity contribution in [2.75, 3.05) is 33.0 Å². The van der Waals surface area contributed by atoms with E-state index in [0.29, 0.717) is 36.0 Å². The van der Waals surface area contributed by atoms with Crippen molar-refractivity contribution in [1.82, 2.24) is 0 Å². The third-order valence-electron chi connectivity index (χ3n) is 9.30. The van der Waals surface area contributed by atoms with Crippen LogP contribution in [0.15, 0.2) is 124 Å². The number of alkyl halides is 3. The van der Waals surface area contributed by atoms with Gasteiger partial charge in [0.2, 0.25) is 12.1 Å². The van der Waals surface area contributed by atoms with E-state index < -0.39 is 52.8 Å². The number of amides is 4. The minimum absolute atomic E-state index is 0.0147. The number of rotatable bonds is 20. The fourth-order valence-corrected chi connectivity index (χ4v) is 6.85. The molecule has 0 aliphatic rings. The van der Waals surface area contributed by atoms with E-state index in [9.17, 15) is 28.8 Å². The lowest BCUT2D eigenvalue weighted by atomic mass is 10.1. The van der Waals surface area contributed by atoms with Crippen LogP contribution >= 0.6 is 58.0 Å². The maximum atomic E-state index is 13.5. The van der Waals surface area contributed by atoms with E-state index in [4.69, 9.17) is 62.7 Å². The number of nitrogens with zero attached hydrogens (tertiary/aromatic N) is 4. The molecule has 5 rings (SSSR count). The van der Waals surface area contributed by atoms with E-state index in [1.807, 2.05) is 24.3 Å². The highest BCUT2D eigenvalue weighted by atomic mass is 35.5. The monoisotopic (exact) mass is 992 g/mol. The first kappa shape index (κ1) is 50.8. The Morgan fingerprint density at radius 3 is 1.47 bits per heavy atom. The van der Waals surface area contributed by atoms with Gasteiger partial charge in [-0.05, 0) is 105 Å².